The number of piperidine rings is 1. The normalized spacial score (nSPS) is 25.5. The van der Waals surface area contributed by atoms with Crippen LogP contribution in [-0.4, -0.2) is 36.5 Å². The highest BCUT2D eigenvalue weighted by molar-refractivity contribution is 7.13. The highest BCUT2D eigenvalue weighted by Gasteiger charge is 2.38. The summed E-state index contributed by atoms with van der Waals surface area (Å²) in [5, 5.41) is 4.05. The van der Waals surface area contributed by atoms with Gasteiger partial charge < -0.3 is 15.0 Å². The molecule has 2 fully saturated rings. The fraction of sp³-hybridized carbons (Fsp3) is 0.389. The van der Waals surface area contributed by atoms with Crippen LogP contribution in [0, 0.1) is 12.8 Å². The summed E-state index contributed by atoms with van der Waals surface area (Å²) in [6.45, 7) is 5.37. The second kappa shape index (κ2) is 5.98. The predicted octanol–water partition coefficient (Wildman–Crippen LogP) is 3.28. The van der Waals surface area contributed by atoms with Gasteiger partial charge in [-0.3, -0.25) is 4.79 Å². The molecule has 1 N–H and O–H groups in total. The molecule has 2 saturated heterocycles. The molecule has 3 heterocycles. The van der Waals surface area contributed by atoms with Gasteiger partial charge in [0.25, 0.3) is 5.91 Å². The van der Waals surface area contributed by atoms with Gasteiger partial charge in [-0.15, -0.1) is 11.3 Å². The zero-order chi connectivity index (χ0) is 15.8. The lowest BCUT2D eigenvalue weighted by atomic mass is 9.99. The van der Waals surface area contributed by atoms with Crippen molar-refractivity contribution in [3.63, 3.8) is 0 Å². The van der Waals surface area contributed by atoms with Crippen LogP contribution in [0.25, 0.3) is 0 Å². The van der Waals surface area contributed by atoms with Gasteiger partial charge >= 0.3 is 0 Å². The van der Waals surface area contributed by atoms with E-state index in [-0.39, 0.29) is 5.91 Å². The molecule has 1 aromatic heterocycles. The molecule has 23 heavy (non-hydrogen) atoms. The number of aryl methyl sites for hydroxylation is 1. The van der Waals surface area contributed by atoms with Crippen molar-refractivity contribution >= 4 is 17.2 Å². The van der Waals surface area contributed by atoms with Crippen molar-refractivity contribution in [1.82, 2.24) is 10.2 Å². The summed E-state index contributed by atoms with van der Waals surface area (Å²) in [7, 11) is 0. The minimum Gasteiger partial charge on any atom is -0.447 e. The van der Waals surface area contributed by atoms with E-state index in [4.69, 9.17) is 4.74 Å². The number of amides is 1. The molecule has 5 heteroatoms. The highest BCUT2D eigenvalue weighted by atomic mass is 32.1. The maximum Gasteiger partial charge on any atom is 0.251 e. The number of hydrogen-bond donors (Lipinski definition) is 1. The Kier molecular flexibility index (Phi) is 3.83. The third kappa shape index (κ3) is 3.12. The highest BCUT2D eigenvalue weighted by Crippen LogP contribution is 2.30. The molecule has 0 aliphatic carbocycles. The standard InChI is InChI=1S/C18H20N2O2S/c1-12-2-7-17(23-12)22-15-5-3-13(4-6-15)18(21)19-16-11-20-9-8-14(16)10-20/h2-7,14,16H,8-11H2,1H3,(H,19,21). The van der Waals surface area contributed by atoms with Gasteiger partial charge in [0.2, 0.25) is 0 Å². The van der Waals surface area contributed by atoms with E-state index in [2.05, 4.69) is 17.1 Å². The summed E-state index contributed by atoms with van der Waals surface area (Å²) < 4.78 is 5.79. The molecule has 2 aromatic rings. The molecule has 2 aliphatic rings. The summed E-state index contributed by atoms with van der Waals surface area (Å²) in [6, 6.07) is 11.7. The maximum absolute atomic E-state index is 12.4. The van der Waals surface area contributed by atoms with Crippen LogP contribution in [0.1, 0.15) is 21.7 Å². The van der Waals surface area contributed by atoms with Crippen molar-refractivity contribution in [1.29, 1.82) is 0 Å². The van der Waals surface area contributed by atoms with Crippen LogP contribution >= 0.6 is 11.3 Å². The monoisotopic (exact) mass is 328 g/mol. The fourth-order valence-corrected chi connectivity index (χ4v) is 4.18. The first-order valence-corrected chi connectivity index (χ1v) is 8.86. The third-order valence-electron chi connectivity index (χ3n) is 4.70. The van der Waals surface area contributed by atoms with Crippen LogP contribution in [0.2, 0.25) is 0 Å². The molecule has 0 saturated carbocycles. The lowest BCUT2D eigenvalue weighted by Gasteiger charge is -2.23. The zero-order valence-electron chi connectivity index (χ0n) is 13.1. The van der Waals surface area contributed by atoms with E-state index in [1.807, 2.05) is 36.4 Å². The Morgan fingerprint density at radius 2 is 2.04 bits per heavy atom. The quantitative estimate of drug-likeness (QED) is 0.936. The van der Waals surface area contributed by atoms with Crippen LogP contribution in [0.15, 0.2) is 36.4 Å². The second-order valence-electron chi connectivity index (χ2n) is 6.38. The van der Waals surface area contributed by atoms with Crippen molar-refractivity contribution in [3.8, 4) is 10.8 Å². The lowest BCUT2D eigenvalue weighted by molar-refractivity contribution is 0.0924. The van der Waals surface area contributed by atoms with Crippen LogP contribution < -0.4 is 10.1 Å². The first-order valence-electron chi connectivity index (χ1n) is 8.05. The molecule has 4 nitrogen and oxygen atoms in total. The molecule has 1 aromatic carbocycles. The summed E-state index contributed by atoms with van der Waals surface area (Å²) in [6.07, 6.45) is 1.21. The second-order valence-corrected chi connectivity index (χ2v) is 7.63. The van der Waals surface area contributed by atoms with Gasteiger partial charge in [0.05, 0.1) is 0 Å². The van der Waals surface area contributed by atoms with E-state index in [1.54, 1.807) is 11.3 Å². The number of hydrogen-bond acceptors (Lipinski definition) is 4. The first kappa shape index (κ1) is 14.7. The maximum atomic E-state index is 12.4. The van der Waals surface area contributed by atoms with Gasteiger partial charge in [0.1, 0.15) is 5.75 Å². The lowest BCUT2D eigenvalue weighted by Crippen LogP contribution is -2.43. The number of carbonyl (C=O) groups is 1. The Hall–Kier alpha value is -1.85. The first-order chi connectivity index (χ1) is 11.2. The van der Waals surface area contributed by atoms with E-state index in [0.717, 1.165) is 23.9 Å². The summed E-state index contributed by atoms with van der Waals surface area (Å²) in [5.74, 6) is 1.40. The zero-order valence-corrected chi connectivity index (χ0v) is 13.9. The van der Waals surface area contributed by atoms with E-state index < -0.39 is 0 Å². The smallest absolute Gasteiger partial charge is 0.251 e. The topological polar surface area (TPSA) is 41.6 Å². The van der Waals surface area contributed by atoms with E-state index in [1.165, 1.54) is 17.8 Å². The molecule has 2 aliphatic heterocycles. The van der Waals surface area contributed by atoms with Crippen LogP contribution in [0.5, 0.6) is 10.8 Å². The molecule has 0 spiro atoms. The fourth-order valence-electron chi connectivity index (χ4n) is 3.46. The molecule has 0 radical (unpaired) electrons. The van der Waals surface area contributed by atoms with E-state index in [9.17, 15) is 4.79 Å². The summed E-state index contributed by atoms with van der Waals surface area (Å²) in [5.41, 5.74) is 0.692. The molecule has 3 unspecified atom stereocenters. The van der Waals surface area contributed by atoms with Crippen molar-refractivity contribution in [2.24, 2.45) is 5.92 Å². The average molecular weight is 328 g/mol. The molecule has 3 atom stereocenters. The van der Waals surface area contributed by atoms with Crippen LogP contribution in [0.4, 0.5) is 0 Å². The number of benzene rings is 1. The molecule has 4 rings (SSSR count). The number of rotatable bonds is 4. The number of carbonyl (C=O) groups excluding carboxylic acids is 1. The van der Waals surface area contributed by atoms with Crippen molar-refractivity contribution in [3.05, 3.63) is 46.8 Å². The number of nitrogens with one attached hydrogen (secondary N) is 1. The molecule has 2 bridgehead atoms. The molecular weight excluding hydrogens is 308 g/mol. The van der Waals surface area contributed by atoms with Crippen molar-refractivity contribution in [2.75, 3.05) is 19.6 Å². The molecule has 1 amide bonds. The van der Waals surface area contributed by atoms with Crippen LogP contribution in [0.3, 0.4) is 0 Å². The predicted molar refractivity (Wildman–Crippen MR) is 91.4 cm³/mol. The Labute approximate surface area is 140 Å². The number of fused-ring (bicyclic) bond motifs is 2. The van der Waals surface area contributed by atoms with Crippen molar-refractivity contribution < 1.29 is 9.53 Å². The van der Waals surface area contributed by atoms with Gasteiger partial charge in [-0.1, -0.05) is 0 Å². The minimum absolute atomic E-state index is 0.0160. The largest absolute Gasteiger partial charge is 0.447 e. The van der Waals surface area contributed by atoms with Gasteiger partial charge in [-0.25, -0.2) is 0 Å². The summed E-state index contributed by atoms with van der Waals surface area (Å²) >= 11 is 1.62. The van der Waals surface area contributed by atoms with Crippen LogP contribution in [-0.2, 0) is 0 Å². The van der Waals surface area contributed by atoms with E-state index >= 15 is 0 Å². The Morgan fingerprint density at radius 1 is 1.22 bits per heavy atom. The van der Waals surface area contributed by atoms with Gasteiger partial charge in [-0.2, -0.15) is 0 Å². The number of ether oxygens (including phenoxy) is 1. The Morgan fingerprint density at radius 3 is 2.65 bits per heavy atom. The van der Waals surface area contributed by atoms with Gasteiger partial charge in [-0.05, 0) is 62.2 Å². The molecule has 120 valence electrons. The molecular formula is C18H20N2O2S. The number of thiophene rings is 1. The number of nitrogens with zero attached hydrogens (tertiary/aromatic N) is 1. The van der Waals surface area contributed by atoms with Gasteiger partial charge in [0.15, 0.2) is 5.06 Å². The van der Waals surface area contributed by atoms with Crippen molar-refractivity contribution in [2.45, 2.75) is 19.4 Å². The minimum atomic E-state index is 0.0160. The van der Waals surface area contributed by atoms with Gasteiger partial charge in [0, 0.05) is 29.6 Å². The van der Waals surface area contributed by atoms with E-state index in [0.29, 0.717) is 17.5 Å². The third-order valence-corrected chi connectivity index (χ3v) is 5.58. The average Bonchev–Trinajstić information content (AvgIpc) is 3.25. The summed E-state index contributed by atoms with van der Waals surface area (Å²) in [4.78, 5) is 16.0. The SMILES string of the molecule is Cc1ccc(Oc2ccc(C(=O)NC3CN4CCC3C4)cc2)s1. The Bertz CT molecular complexity index is 710. The Balaban J connectivity index is 1.38.